The van der Waals surface area contributed by atoms with E-state index in [0.717, 1.165) is 12.8 Å². The van der Waals surface area contributed by atoms with Crippen molar-refractivity contribution in [3.05, 3.63) is 30.1 Å². The van der Waals surface area contributed by atoms with Crippen molar-refractivity contribution in [2.24, 2.45) is 11.8 Å². The molecule has 0 aromatic heterocycles. The highest BCUT2D eigenvalue weighted by molar-refractivity contribution is 5.80. The van der Waals surface area contributed by atoms with Gasteiger partial charge in [-0.05, 0) is 37.8 Å². The lowest BCUT2D eigenvalue weighted by Gasteiger charge is -2.37. The third-order valence-corrected chi connectivity index (χ3v) is 5.38. The summed E-state index contributed by atoms with van der Waals surface area (Å²) in [5.41, 5.74) is 0.618. The number of piperidine rings is 2. The molecule has 0 spiro atoms. The Morgan fingerprint density at radius 2 is 1.60 bits per heavy atom. The van der Waals surface area contributed by atoms with E-state index in [9.17, 15) is 14.0 Å². The first-order valence-corrected chi connectivity index (χ1v) is 8.96. The van der Waals surface area contributed by atoms with Crippen LogP contribution in [0.5, 0.6) is 0 Å². The van der Waals surface area contributed by atoms with E-state index in [2.05, 4.69) is 0 Å². The lowest BCUT2D eigenvalue weighted by molar-refractivity contribution is -0.149. The molecule has 0 N–H and O–H groups in total. The number of carbonyl (C=O) groups excluding carboxylic acids is 2. The minimum atomic E-state index is -0.211. The Bertz CT molecular complexity index is 621. The van der Waals surface area contributed by atoms with Crippen LogP contribution in [-0.2, 0) is 14.3 Å². The molecule has 2 saturated heterocycles. The molecule has 6 heteroatoms. The Balaban J connectivity index is 1.51. The SMILES string of the molecule is COC(=O)C1CCN(C(=O)C2CCN(c3ccccc3F)CC2)CC1. The van der Waals surface area contributed by atoms with E-state index in [1.807, 2.05) is 15.9 Å². The van der Waals surface area contributed by atoms with Crippen molar-refractivity contribution in [2.45, 2.75) is 25.7 Å². The molecule has 0 atom stereocenters. The van der Waals surface area contributed by atoms with Crippen molar-refractivity contribution in [1.29, 1.82) is 0 Å². The average Bonchev–Trinajstić information content (AvgIpc) is 2.67. The van der Waals surface area contributed by atoms with E-state index >= 15 is 0 Å². The number of likely N-dealkylation sites (tertiary alicyclic amines) is 1. The molecular formula is C19H25FN2O3. The van der Waals surface area contributed by atoms with Crippen LogP contribution >= 0.6 is 0 Å². The molecular weight excluding hydrogens is 323 g/mol. The van der Waals surface area contributed by atoms with Crippen molar-refractivity contribution in [2.75, 3.05) is 38.2 Å². The van der Waals surface area contributed by atoms with Gasteiger partial charge in [-0.25, -0.2) is 4.39 Å². The van der Waals surface area contributed by atoms with Gasteiger partial charge in [0.15, 0.2) is 0 Å². The predicted molar refractivity (Wildman–Crippen MR) is 92.7 cm³/mol. The number of nitrogens with zero attached hydrogens (tertiary/aromatic N) is 2. The summed E-state index contributed by atoms with van der Waals surface area (Å²) in [4.78, 5) is 28.2. The second-order valence-corrected chi connectivity index (χ2v) is 6.84. The number of carbonyl (C=O) groups is 2. The van der Waals surface area contributed by atoms with Crippen LogP contribution in [0.2, 0.25) is 0 Å². The summed E-state index contributed by atoms with van der Waals surface area (Å²) in [6, 6.07) is 6.78. The Kier molecular flexibility index (Phi) is 5.56. The molecule has 3 rings (SSSR count). The van der Waals surface area contributed by atoms with Crippen LogP contribution in [-0.4, -0.2) is 50.1 Å². The van der Waals surface area contributed by atoms with Crippen LogP contribution in [0.4, 0.5) is 10.1 Å². The number of amides is 1. The minimum Gasteiger partial charge on any atom is -0.469 e. The largest absolute Gasteiger partial charge is 0.469 e. The van der Waals surface area contributed by atoms with E-state index in [0.29, 0.717) is 44.7 Å². The van der Waals surface area contributed by atoms with Crippen molar-refractivity contribution in [3.63, 3.8) is 0 Å². The van der Waals surface area contributed by atoms with Gasteiger partial charge in [-0.15, -0.1) is 0 Å². The monoisotopic (exact) mass is 348 g/mol. The van der Waals surface area contributed by atoms with Gasteiger partial charge in [0.25, 0.3) is 0 Å². The summed E-state index contributed by atoms with van der Waals surface area (Å²) >= 11 is 0. The fraction of sp³-hybridized carbons (Fsp3) is 0.579. The summed E-state index contributed by atoms with van der Waals surface area (Å²) in [5, 5.41) is 0. The topological polar surface area (TPSA) is 49.9 Å². The highest BCUT2D eigenvalue weighted by Gasteiger charge is 2.33. The Morgan fingerprint density at radius 1 is 1.00 bits per heavy atom. The molecule has 0 bridgehead atoms. The van der Waals surface area contributed by atoms with Gasteiger partial charge in [-0.3, -0.25) is 9.59 Å². The molecule has 136 valence electrons. The van der Waals surface area contributed by atoms with E-state index in [1.54, 1.807) is 12.1 Å². The number of methoxy groups -OCH3 is 1. The molecule has 1 amide bonds. The summed E-state index contributed by atoms with van der Waals surface area (Å²) < 4.78 is 18.7. The summed E-state index contributed by atoms with van der Waals surface area (Å²) in [6.45, 7) is 2.62. The number of para-hydroxylation sites is 1. The van der Waals surface area contributed by atoms with Crippen molar-refractivity contribution in [1.82, 2.24) is 4.90 Å². The fourth-order valence-corrected chi connectivity index (χ4v) is 3.84. The first-order valence-electron chi connectivity index (χ1n) is 8.96. The molecule has 0 saturated carbocycles. The zero-order valence-electron chi connectivity index (χ0n) is 14.6. The lowest BCUT2D eigenvalue weighted by atomic mass is 9.92. The predicted octanol–water partition coefficient (Wildman–Crippen LogP) is 2.45. The molecule has 0 aliphatic carbocycles. The maximum atomic E-state index is 13.9. The van der Waals surface area contributed by atoms with Crippen LogP contribution in [0.25, 0.3) is 0 Å². The summed E-state index contributed by atoms with van der Waals surface area (Å²) in [6.07, 6.45) is 2.83. The van der Waals surface area contributed by atoms with Crippen LogP contribution in [0, 0.1) is 17.7 Å². The van der Waals surface area contributed by atoms with E-state index in [-0.39, 0.29) is 29.5 Å². The van der Waals surface area contributed by atoms with Gasteiger partial charge < -0.3 is 14.5 Å². The van der Waals surface area contributed by atoms with Crippen LogP contribution < -0.4 is 4.90 Å². The number of esters is 1. The van der Waals surface area contributed by atoms with Gasteiger partial charge in [-0.2, -0.15) is 0 Å². The Labute approximate surface area is 147 Å². The molecule has 0 unspecified atom stereocenters. The highest BCUT2D eigenvalue weighted by atomic mass is 19.1. The van der Waals surface area contributed by atoms with Gasteiger partial charge in [0, 0.05) is 32.1 Å². The van der Waals surface area contributed by atoms with Crippen LogP contribution in [0.15, 0.2) is 24.3 Å². The number of halogens is 1. The number of hydrogen-bond donors (Lipinski definition) is 0. The maximum Gasteiger partial charge on any atom is 0.308 e. The highest BCUT2D eigenvalue weighted by Crippen LogP contribution is 2.28. The first-order chi connectivity index (χ1) is 12.1. The number of hydrogen-bond acceptors (Lipinski definition) is 4. The second kappa shape index (κ2) is 7.85. The molecule has 5 nitrogen and oxygen atoms in total. The maximum absolute atomic E-state index is 13.9. The molecule has 2 aliphatic rings. The van der Waals surface area contributed by atoms with Crippen LogP contribution in [0.1, 0.15) is 25.7 Å². The molecule has 2 heterocycles. The summed E-state index contributed by atoms with van der Waals surface area (Å²) in [7, 11) is 1.41. The summed E-state index contributed by atoms with van der Waals surface area (Å²) in [5.74, 6) is -0.298. The molecule has 0 radical (unpaired) electrons. The normalized spacial score (nSPS) is 19.8. The molecule has 2 aliphatic heterocycles. The van der Waals surface area contributed by atoms with Gasteiger partial charge >= 0.3 is 5.97 Å². The molecule has 2 fully saturated rings. The standard InChI is InChI=1S/C19H25FN2O3/c1-25-19(24)15-8-12-22(13-9-15)18(23)14-6-10-21(11-7-14)17-5-3-2-4-16(17)20/h2-5,14-15H,6-13H2,1H3. The number of ether oxygens (including phenoxy) is 1. The minimum absolute atomic E-state index is 0.00213. The van der Waals surface area contributed by atoms with Crippen molar-refractivity contribution in [3.8, 4) is 0 Å². The van der Waals surface area contributed by atoms with Crippen molar-refractivity contribution < 1.29 is 18.7 Å². The zero-order valence-corrected chi connectivity index (χ0v) is 14.6. The Hall–Kier alpha value is -2.11. The first kappa shape index (κ1) is 17.7. The fourth-order valence-electron chi connectivity index (χ4n) is 3.84. The number of rotatable bonds is 3. The number of anilines is 1. The van der Waals surface area contributed by atoms with Gasteiger partial charge in [0.1, 0.15) is 5.82 Å². The third-order valence-electron chi connectivity index (χ3n) is 5.38. The van der Waals surface area contributed by atoms with Crippen molar-refractivity contribution >= 4 is 17.6 Å². The van der Waals surface area contributed by atoms with E-state index in [1.165, 1.54) is 13.2 Å². The Morgan fingerprint density at radius 3 is 2.20 bits per heavy atom. The molecule has 25 heavy (non-hydrogen) atoms. The molecule has 1 aromatic carbocycles. The van der Waals surface area contributed by atoms with Gasteiger partial charge in [0.05, 0.1) is 18.7 Å². The van der Waals surface area contributed by atoms with E-state index in [4.69, 9.17) is 4.74 Å². The smallest absolute Gasteiger partial charge is 0.308 e. The third kappa shape index (κ3) is 3.94. The average molecular weight is 348 g/mol. The molecule has 1 aromatic rings. The zero-order chi connectivity index (χ0) is 17.8. The van der Waals surface area contributed by atoms with Gasteiger partial charge in [-0.1, -0.05) is 12.1 Å². The quantitative estimate of drug-likeness (QED) is 0.788. The van der Waals surface area contributed by atoms with E-state index < -0.39 is 0 Å². The lowest BCUT2D eigenvalue weighted by Crippen LogP contribution is -2.46. The second-order valence-electron chi connectivity index (χ2n) is 6.84. The number of benzene rings is 1. The van der Waals surface area contributed by atoms with Gasteiger partial charge in [0.2, 0.25) is 5.91 Å². The van der Waals surface area contributed by atoms with Crippen LogP contribution in [0.3, 0.4) is 0 Å².